The summed E-state index contributed by atoms with van der Waals surface area (Å²) >= 11 is 8.82. The van der Waals surface area contributed by atoms with Crippen LogP contribution in [0.4, 0.5) is 8.78 Å². The van der Waals surface area contributed by atoms with E-state index in [9.17, 15) is 8.78 Å². The molecule has 1 atom stereocenters. The number of rotatable bonds is 3. The van der Waals surface area contributed by atoms with Crippen LogP contribution in [-0.4, -0.2) is 7.11 Å². The first-order valence-corrected chi connectivity index (χ1v) is 6.85. The van der Waals surface area contributed by atoms with E-state index in [-0.39, 0.29) is 20.8 Å². The summed E-state index contributed by atoms with van der Waals surface area (Å²) in [7, 11) is 1.40. The molecule has 6 heteroatoms. The second-order valence-electron chi connectivity index (χ2n) is 4.13. The van der Waals surface area contributed by atoms with Gasteiger partial charge in [-0.2, -0.15) is 0 Å². The van der Waals surface area contributed by atoms with Crippen LogP contribution < -0.4 is 10.5 Å². The van der Waals surface area contributed by atoms with Crippen molar-refractivity contribution >= 4 is 27.5 Å². The maximum atomic E-state index is 14.0. The Morgan fingerprint density at radius 3 is 2.60 bits per heavy atom. The quantitative estimate of drug-likeness (QED) is 0.876. The Hall–Kier alpha value is -1.17. The van der Waals surface area contributed by atoms with Gasteiger partial charge in [0.15, 0.2) is 0 Å². The molecule has 0 bridgehead atoms. The van der Waals surface area contributed by atoms with Crippen molar-refractivity contribution in [2.45, 2.75) is 6.04 Å². The molecule has 0 heterocycles. The summed E-state index contributed by atoms with van der Waals surface area (Å²) in [6.07, 6.45) is 0. The van der Waals surface area contributed by atoms with Gasteiger partial charge in [0.1, 0.15) is 17.4 Å². The predicted octanol–water partition coefficient (Wildman–Crippen LogP) is 4.44. The van der Waals surface area contributed by atoms with Crippen LogP contribution in [0.2, 0.25) is 5.02 Å². The van der Waals surface area contributed by atoms with E-state index in [1.54, 1.807) is 6.07 Å². The third kappa shape index (κ3) is 2.80. The van der Waals surface area contributed by atoms with Crippen molar-refractivity contribution in [1.82, 2.24) is 0 Å². The summed E-state index contributed by atoms with van der Waals surface area (Å²) in [6, 6.07) is 6.42. The fraction of sp³-hybridized carbons (Fsp3) is 0.143. The van der Waals surface area contributed by atoms with E-state index in [0.717, 1.165) is 0 Å². The lowest BCUT2D eigenvalue weighted by Crippen LogP contribution is -2.15. The number of hydrogen-bond donors (Lipinski definition) is 1. The Morgan fingerprint density at radius 2 is 1.95 bits per heavy atom. The van der Waals surface area contributed by atoms with E-state index >= 15 is 0 Å². The number of halogens is 4. The first kappa shape index (κ1) is 15.2. The Labute approximate surface area is 128 Å². The molecule has 2 aromatic carbocycles. The highest BCUT2D eigenvalue weighted by Crippen LogP contribution is 2.34. The lowest BCUT2D eigenvalue weighted by atomic mass is 9.98. The molecule has 0 radical (unpaired) electrons. The van der Waals surface area contributed by atoms with E-state index in [2.05, 4.69) is 15.9 Å². The van der Waals surface area contributed by atoms with Crippen LogP contribution >= 0.6 is 27.5 Å². The highest BCUT2D eigenvalue weighted by Gasteiger charge is 2.20. The predicted molar refractivity (Wildman–Crippen MR) is 78.1 cm³/mol. The van der Waals surface area contributed by atoms with E-state index in [1.165, 1.54) is 31.4 Å². The third-order valence-corrected chi connectivity index (χ3v) is 3.82. The largest absolute Gasteiger partial charge is 0.496 e. The Kier molecular flexibility index (Phi) is 4.62. The topological polar surface area (TPSA) is 35.2 Å². The highest BCUT2D eigenvalue weighted by molar-refractivity contribution is 9.10. The molecule has 2 nitrogen and oxygen atoms in total. The first-order chi connectivity index (χ1) is 9.45. The smallest absolute Gasteiger partial charge is 0.146 e. The second kappa shape index (κ2) is 6.08. The monoisotopic (exact) mass is 361 g/mol. The number of hydrogen-bond acceptors (Lipinski definition) is 2. The Bertz CT molecular complexity index is 651. The van der Waals surface area contributed by atoms with Gasteiger partial charge in [0.05, 0.1) is 22.6 Å². The van der Waals surface area contributed by atoms with E-state index in [4.69, 9.17) is 22.1 Å². The molecule has 2 N–H and O–H groups in total. The zero-order valence-electron chi connectivity index (χ0n) is 10.5. The summed E-state index contributed by atoms with van der Waals surface area (Å²) in [5.74, 6) is -0.828. The van der Waals surface area contributed by atoms with Gasteiger partial charge in [-0.3, -0.25) is 0 Å². The van der Waals surface area contributed by atoms with Gasteiger partial charge in [0.2, 0.25) is 0 Å². The van der Waals surface area contributed by atoms with Gasteiger partial charge >= 0.3 is 0 Å². The van der Waals surface area contributed by atoms with Crippen molar-refractivity contribution in [3.05, 3.63) is 62.6 Å². The highest BCUT2D eigenvalue weighted by atomic mass is 79.9. The van der Waals surface area contributed by atoms with Gasteiger partial charge < -0.3 is 10.5 Å². The van der Waals surface area contributed by atoms with Gasteiger partial charge in [-0.15, -0.1) is 0 Å². The van der Waals surface area contributed by atoms with Crippen LogP contribution in [0, 0.1) is 11.6 Å². The lowest BCUT2D eigenvalue weighted by molar-refractivity contribution is 0.403. The zero-order valence-corrected chi connectivity index (χ0v) is 12.8. The van der Waals surface area contributed by atoms with E-state index in [1.807, 2.05) is 0 Å². The van der Waals surface area contributed by atoms with E-state index < -0.39 is 17.7 Å². The van der Waals surface area contributed by atoms with Gasteiger partial charge in [-0.1, -0.05) is 23.7 Å². The number of benzene rings is 2. The average molecular weight is 363 g/mol. The van der Waals surface area contributed by atoms with Crippen LogP contribution in [-0.2, 0) is 0 Å². The summed E-state index contributed by atoms with van der Waals surface area (Å²) in [5, 5.41) is -0.0157. The van der Waals surface area contributed by atoms with Crippen molar-refractivity contribution in [1.29, 1.82) is 0 Å². The number of methoxy groups -OCH3 is 1. The summed E-state index contributed by atoms with van der Waals surface area (Å²) in [4.78, 5) is 0. The number of nitrogens with two attached hydrogens (primary N) is 1. The average Bonchev–Trinajstić information content (AvgIpc) is 2.43. The van der Waals surface area contributed by atoms with Crippen LogP contribution in [0.25, 0.3) is 0 Å². The fourth-order valence-corrected chi connectivity index (χ4v) is 2.43. The maximum absolute atomic E-state index is 14.0. The summed E-state index contributed by atoms with van der Waals surface area (Å²) in [5.41, 5.74) is 6.74. The van der Waals surface area contributed by atoms with Crippen LogP contribution in [0.3, 0.4) is 0 Å². The van der Waals surface area contributed by atoms with E-state index in [0.29, 0.717) is 5.56 Å². The molecule has 0 aromatic heterocycles. The van der Waals surface area contributed by atoms with Crippen LogP contribution in [0.5, 0.6) is 5.75 Å². The van der Waals surface area contributed by atoms with Gasteiger partial charge in [-0.05, 0) is 28.1 Å². The second-order valence-corrected chi connectivity index (χ2v) is 5.39. The molecule has 0 saturated carbocycles. The maximum Gasteiger partial charge on any atom is 0.146 e. The molecule has 0 spiro atoms. The molecule has 20 heavy (non-hydrogen) atoms. The molecule has 0 aliphatic rings. The molecular weight excluding hydrogens is 352 g/mol. The molecule has 0 aliphatic carbocycles. The molecule has 2 aromatic rings. The molecular formula is C14H11BrClF2NO. The minimum atomic E-state index is -0.819. The van der Waals surface area contributed by atoms with Crippen molar-refractivity contribution in [2.75, 3.05) is 7.11 Å². The van der Waals surface area contributed by atoms with Crippen LogP contribution in [0.1, 0.15) is 17.2 Å². The standard InChI is InChI=1S/C14H11BrClF2NO/c1-20-12-6-11(17)9(15)5-8(12)14(19)7-3-2-4-10(16)13(7)18/h2-6,14H,19H2,1H3. The molecule has 2 rings (SSSR count). The minimum Gasteiger partial charge on any atom is -0.496 e. The fourth-order valence-electron chi connectivity index (χ4n) is 1.89. The van der Waals surface area contributed by atoms with Crippen molar-refractivity contribution in [3.63, 3.8) is 0 Å². The zero-order chi connectivity index (χ0) is 14.9. The summed E-state index contributed by atoms with van der Waals surface area (Å²) < 4.78 is 32.8. The molecule has 0 amide bonds. The van der Waals surface area contributed by atoms with Gasteiger partial charge in [-0.25, -0.2) is 8.78 Å². The molecule has 0 fully saturated rings. The summed E-state index contributed by atoms with van der Waals surface area (Å²) in [6.45, 7) is 0. The van der Waals surface area contributed by atoms with Gasteiger partial charge in [0.25, 0.3) is 0 Å². The number of ether oxygens (including phenoxy) is 1. The minimum absolute atomic E-state index is 0.0157. The lowest BCUT2D eigenvalue weighted by Gasteiger charge is -2.18. The van der Waals surface area contributed by atoms with Crippen LogP contribution in [0.15, 0.2) is 34.8 Å². The van der Waals surface area contributed by atoms with Crippen molar-refractivity contribution in [2.24, 2.45) is 5.73 Å². The molecule has 0 saturated heterocycles. The normalized spacial score (nSPS) is 12.3. The van der Waals surface area contributed by atoms with Crippen molar-refractivity contribution in [3.8, 4) is 5.75 Å². The third-order valence-electron chi connectivity index (χ3n) is 2.92. The first-order valence-electron chi connectivity index (χ1n) is 5.68. The Balaban J connectivity index is 2.55. The molecule has 0 aliphatic heterocycles. The van der Waals surface area contributed by atoms with Crippen molar-refractivity contribution < 1.29 is 13.5 Å². The SMILES string of the molecule is COc1cc(F)c(Br)cc1C(N)c1cccc(Cl)c1F. The van der Waals surface area contributed by atoms with Gasteiger partial charge in [0, 0.05) is 17.2 Å². The molecule has 106 valence electrons. The Morgan fingerprint density at radius 1 is 1.25 bits per heavy atom. The molecule has 1 unspecified atom stereocenters.